The highest BCUT2D eigenvalue weighted by Crippen LogP contribution is 2.17. The van der Waals surface area contributed by atoms with Crippen LogP contribution in [0.5, 0.6) is 0 Å². The Bertz CT molecular complexity index is 686. The second-order valence-corrected chi connectivity index (χ2v) is 6.84. The van der Waals surface area contributed by atoms with Crippen molar-refractivity contribution in [2.24, 2.45) is 0 Å². The number of likely N-dealkylation sites (N-methyl/N-ethyl adjacent to an activating group) is 1. The Labute approximate surface area is 135 Å². The molecule has 0 aliphatic carbocycles. The monoisotopic (exact) mass is 344 g/mol. The number of carbonyl (C=O) groups excluding carboxylic acids is 2. The van der Waals surface area contributed by atoms with Crippen molar-refractivity contribution in [3.8, 4) is 0 Å². The van der Waals surface area contributed by atoms with Crippen molar-refractivity contribution in [2.75, 3.05) is 28.3 Å². The fourth-order valence-electron chi connectivity index (χ4n) is 1.67. The Balaban J connectivity index is 3.01. The van der Waals surface area contributed by atoms with E-state index in [1.54, 1.807) is 14.1 Å². The Kier molecular flexibility index (Phi) is 6.25. The van der Waals surface area contributed by atoms with Crippen LogP contribution >= 0.6 is 0 Å². The fourth-order valence-corrected chi connectivity index (χ4v) is 2.69. The lowest BCUT2D eigenvalue weighted by atomic mass is 10.2. The van der Waals surface area contributed by atoms with Crippen LogP contribution in [0.3, 0.4) is 0 Å². The molecular formula is C14H20N2O6S. The number of carbonyl (C=O) groups is 2. The summed E-state index contributed by atoms with van der Waals surface area (Å²) in [4.78, 5) is 29.6. The van der Waals surface area contributed by atoms with Gasteiger partial charge in [-0.1, -0.05) is 10.5 Å². The third-order valence-electron chi connectivity index (χ3n) is 3.04. The molecule has 0 aliphatic rings. The van der Waals surface area contributed by atoms with Gasteiger partial charge in [0.1, 0.15) is 0 Å². The number of amides is 1. The van der Waals surface area contributed by atoms with Crippen molar-refractivity contribution in [1.82, 2.24) is 9.37 Å². The Morgan fingerprint density at radius 1 is 1.17 bits per heavy atom. The predicted octanol–water partition coefficient (Wildman–Crippen LogP) is 0.502. The van der Waals surface area contributed by atoms with Crippen LogP contribution in [0.25, 0.3) is 0 Å². The van der Waals surface area contributed by atoms with Crippen molar-refractivity contribution in [2.45, 2.75) is 17.9 Å². The van der Waals surface area contributed by atoms with Crippen LogP contribution in [0.4, 0.5) is 0 Å². The molecule has 0 saturated heterocycles. The molecule has 0 aliphatic heterocycles. The number of hydroxylamine groups is 1. The molecule has 0 N–H and O–H groups in total. The van der Waals surface area contributed by atoms with Crippen LogP contribution in [-0.4, -0.2) is 64.0 Å². The zero-order valence-corrected chi connectivity index (χ0v) is 14.5. The molecule has 23 heavy (non-hydrogen) atoms. The molecular weight excluding hydrogens is 324 g/mol. The lowest BCUT2D eigenvalue weighted by Crippen LogP contribution is -2.35. The molecule has 1 atom stereocenters. The van der Waals surface area contributed by atoms with E-state index in [4.69, 9.17) is 4.74 Å². The summed E-state index contributed by atoms with van der Waals surface area (Å²) in [5.74, 6) is -1.16. The molecule has 1 aromatic carbocycles. The highest BCUT2D eigenvalue weighted by atomic mass is 32.2. The highest BCUT2D eigenvalue weighted by molar-refractivity contribution is 7.89. The smallest absolute Gasteiger partial charge is 0.338 e. The van der Waals surface area contributed by atoms with E-state index in [9.17, 15) is 18.0 Å². The zero-order chi connectivity index (χ0) is 17.8. The summed E-state index contributed by atoms with van der Waals surface area (Å²) in [7, 11) is 1.66. The first-order valence-electron chi connectivity index (χ1n) is 6.66. The maximum Gasteiger partial charge on any atom is 0.338 e. The number of nitrogens with zero attached hydrogens (tertiary/aromatic N) is 2. The predicted molar refractivity (Wildman–Crippen MR) is 82.0 cm³/mol. The molecule has 0 spiro atoms. The van der Waals surface area contributed by atoms with E-state index in [2.05, 4.69) is 4.84 Å². The molecule has 1 aromatic rings. The Hall–Kier alpha value is -1.97. The van der Waals surface area contributed by atoms with Crippen molar-refractivity contribution >= 4 is 21.9 Å². The fraction of sp³-hybridized carbons (Fsp3) is 0.429. The maximum atomic E-state index is 12.1. The maximum absolute atomic E-state index is 12.1. The number of hydrogen-bond acceptors (Lipinski definition) is 6. The average Bonchev–Trinajstić information content (AvgIpc) is 2.52. The number of ether oxygens (including phenoxy) is 1. The summed E-state index contributed by atoms with van der Waals surface area (Å²) in [6.45, 7) is 1.44. The zero-order valence-electron chi connectivity index (χ0n) is 13.6. The summed E-state index contributed by atoms with van der Waals surface area (Å²) in [6.07, 6.45) is -0.973. The molecule has 0 fully saturated rings. The van der Waals surface area contributed by atoms with Crippen LogP contribution in [0.1, 0.15) is 17.3 Å². The number of hydrogen-bond donors (Lipinski definition) is 0. The van der Waals surface area contributed by atoms with Crippen LogP contribution in [0.2, 0.25) is 0 Å². The van der Waals surface area contributed by atoms with E-state index >= 15 is 0 Å². The summed E-state index contributed by atoms with van der Waals surface area (Å²) in [6, 6.07) is 5.31. The summed E-state index contributed by atoms with van der Waals surface area (Å²) in [5, 5.41) is 0. The first-order valence-corrected chi connectivity index (χ1v) is 8.10. The van der Waals surface area contributed by atoms with Gasteiger partial charge in [0, 0.05) is 21.1 Å². The molecule has 9 heteroatoms. The molecule has 0 heterocycles. The van der Waals surface area contributed by atoms with Crippen LogP contribution in [0.15, 0.2) is 29.2 Å². The van der Waals surface area contributed by atoms with Crippen molar-refractivity contribution in [3.05, 3.63) is 29.8 Å². The molecule has 0 aromatic heterocycles. The van der Waals surface area contributed by atoms with Crippen LogP contribution in [-0.2, 0) is 24.4 Å². The summed E-state index contributed by atoms with van der Waals surface area (Å²) in [5.41, 5.74) is 0.0222. The van der Waals surface area contributed by atoms with Gasteiger partial charge in [-0.2, -0.15) is 0 Å². The Morgan fingerprint density at radius 3 is 2.30 bits per heavy atom. The number of esters is 1. The summed E-state index contributed by atoms with van der Waals surface area (Å²) < 4.78 is 30.0. The molecule has 1 amide bonds. The van der Waals surface area contributed by atoms with Gasteiger partial charge in [0.15, 0.2) is 6.10 Å². The van der Waals surface area contributed by atoms with E-state index in [1.165, 1.54) is 50.2 Å². The van der Waals surface area contributed by atoms with E-state index in [-0.39, 0.29) is 16.4 Å². The molecule has 0 bridgehead atoms. The number of sulfonamides is 1. The first kappa shape index (κ1) is 19.1. The van der Waals surface area contributed by atoms with Crippen molar-refractivity contribution < 1.29 is 27.6 Å². The highest BCUT2D eigenvalue weighted by Gasteiger charge is 2.24. The minimum atomic E-state index is -3.88. The molecule has 0 radical (unpaired) electrons. The van der Waals surface area contributed by atoms with E-state index in [1.807, 2.05) is 0 Å². The molecule has 128 valence electrons. The SMILES string of the molecule is CON(C)S(=O)(=O)c1cccc(C(=O)O[C@@H](C)C(=O)N(C)C)c1. The van der Waals surface area contributed by atoms with Crippen LogP contribution in [0, 0.1) is 0 Å². The quantitative estimate of drug-likeness (QED) is 0.551. The van der Waals surface area contributed by atoms with Gasteiger partial charge >= 0.3 is 5.97 Å². The van der Waals surface area contributed by atoms with Gasteiger partial charge in [0.2, 0.25) is 0 Å². The molecule has 0 unspecified atom stereocenters. The Morgan fingerprint density at radius 2 is 1.78 bits per heavy atom. The third kappa shape index (κ3) is 4.50. The van der Waals surface area contributed by atoms with Gasteiger partial charge in [-0.05, 0) is 25.1 Å². The second-order valence-electron chi connectivity index (χ2n) is 4.91. The standard InChI is InChI=1S/C14H20N2O6S/c1-10(13(17)15(2)3)22-14(18)11-7-6-8-12(9-11)23(19,20)16(4)21-5/h6-10H,1-5H3/t10-/m0/s1. The minimum absolute atomic E-state index is 0.0222. The summed E-state index contributed by atoms with van der Waals surface area (Å²) >= 11 is 0. The van der Waals surface area contributed by atoms with Crippen LogP contribution < -0.4 is 0 Å². The first-order chi connectivity index (χ1) is 10.6. The second kappa shape index (κ2) is 7.53. The van der Waals surface area contributed by atoms with Gasteiger partial charge < -0.3 is 9.64 Å². The van der Waals surface area contributed by atoms with Gasteiger partial charge in [-0.15, -0.1) is 0 Å². The normalized spacial score (nSPS) is 12.8. The minimum Gasteiger partial charge on any atom is -0.449 e. The lowest BCUT2D eigenvalue weighted by Gasteiger charge is -2.18. The third-order valence-corrected chi connectivity index (χ3v) is 4.71. The van der Waals surface area contributed by atoms with Gasteiger partial charge in [0.05, 0.1) is 17.6 Å². The number of rotatable bonds is 6. The molecule has 1 rings (SSSR count). The molecule has 8 nitrogen and oxygen atoms in total. The van der Waals surface area contributed by atoms with E-state index < -0.39 is 22.1 Å². The largest absolute Gasteiger partial charge is 0.449 e. The van der Waals surface area contributed by atoms with Crippen molar-refractivity contribution in [3.63, 3.8) is 0 Å². The van der Waals surface area contributed by atoms with Crippen molar-refractivity contribution in [1.29, 1.82) is 0 Å². The van der Waals surface area contributed by atoms with E-state index in [0.717, 1.165) is 0 Å². The average molecular weight is 344 g/mol. The lowest BCUT2D eigenvalue weighted by molar-refractivity contribution is -0.137. The van der Waals surface area contributed by atoms with Gasteiger partial charge in [0.25, 0.3) is 15.9 Å². The molecule has 0 saturated carbocycles. The topological polar surface area (TPSA) is 93.2 Å². The van der Waals surface area contributed by atoms with E-state index in [0.29, 0.717) is 4.47 Å². The number of benzene rings is 1. The van der Waals surface area contributed by atoms with Gasteiger partial charge in [-0.3, -0.25) is 9.63 Å². The van der Waals surface area contributed by atoms with Gasteiger partial charge in [-0.25, -0.2) is 13.2 Å².